The molecule has 1 atom stereocenters. The molecule has 0 aliphatic carbocycles. The Morgan fingerprint density at radius 1 is 1.04 bits per heavy atom. The summed E-state index contributed by atoms with van der Waals surface area (Å²) in [4.78, 5) is 19.1. The van der Waals surface area contributed by atoms with E-state index in [1.165, 1.54) is 5.56 Å². The first-order valence-electron chi connectivity index (χ1n) is 8.02. The second kappa shape index (κ2) is 5.84. The standard InChI is InChI=1S/C20H18N2O/c23-20(17-8-9-18-14-21-11-10-16(18)13-17)22-12-4-7-19(22)15-5-2-1-3-6-15/h1-3,5-6,8-11,13-14,19H,4,7,12H2/t19-/m0/s1. The molecular formula is C20H18N2O. The second-order valence-electron chi connectivity index (χ2n) is 6.00. The number of benzene rings is 2. The first-order chi connectivity index (χ1) is 11.3. The molecule has 1 aliphatic rings. The van der Waals surface area contributed by atoms with Crippen molar-refractivity contribution in [1.29, 1.82) is 0 Å². The topological polar surface area (TPSA) is 33.2 Å². The van der Waals surface area contributed by atoms with Crippen molar-refractivity contribution >= 4 is 16.7 Å². The number of carbonyl (C=O) groups is 1. The van der Waals surface area contributed by atoms with Gasteiger partial charge in [0, 0.05) is 29.9 Å². The van der Waals surface area contributed by atoms with Crippen LogP contribution < -0.4 is 0 Å². The van der Waals surface area contributed by atoms with Crippen LogP contribution in [-0.4, -0.2) is 22.3 Å². The van der Waals surface area contributed by atoms with Crippen LogP contribution >= 0.6 is 0 Å². The molecule has 0 spiro atoms. The fourth-order valence-corrected chi connectivity index (χ4v) is 3.41. The lowest BCUT2D eigenvalue weighted by atomic mass is 10.0. The van der Waals surface area contributed by atoms with Gasteiger partial charge in [-0.05, 0) is 42.0 Å². The monoisotopic (exact) mass is 302 g/mol. The summed E-state index contributed by atoms with van der Waals surface area (Å²) in [6, 6.07) is 18.3. The molecule has 0 radical (unpaired) electrons. The van der Waals surface area contributed by atoms with Crippen molar-refractivity contribution in [2.24, 2.45) is 0 Å². The van der Waals surface area contributed by atoms with Crippen molar-refractivity contribution < 1.29 is 4.79 Å². The summed E-state index contributed by atoms with van der Waals surface area (Å²) in [5.41, 5.74) is 1.98. The number of pyridine rings is 1. The van der Waals surface area contributed by atoms with Crippen LogP contribution in [-0.2, 0) is 0 Å². The molecule has 0 bridgehead atoms. The predicted octanol–water partition coefficient (Wildman–Crippen LogP) is 4.21. The van der Waals surface area contributed by atoms with Crippen molar-refractivity contribution in [3.63, 3.8) is 0 Å². The third-order valence-electron chi connectivity index (χ3n) is 4.59. The molecule has 0 unspecified atom stereocenters. The summed E-state index contributed by atoms with van der Waals surface area (Å²) in [6.45, 7) is 0.826. The number of nitrogens with zero attached hydrogens (tertiary/aromatic N) is 2. The van der Waals surface area contributed by atoms with Crippen LogP contribution in [0.3, 0.4) is 0 Å². The van der Waals surface area contributed by atoms with E-state index in [0.29, 0.717) is 0 Å². The molecule has 3 aromatic rings. The van der Waals surface area contributed by atoms with Crippen LogP contribution in [0.2, 0.25) is 0 Å². The first kappa shape index (κ1) is 13.9. The zero-order valence-electron chi connectivity index (χ0n) is 12.9. The maximum absolute atomic E-state index is 13.0. The SMILES string of the molecule is O=C(c1ccc2cnccc2c1)N1CCC[C@H]1c1ccccc1. The van der Waals surface area contributed by atoms with Gasteiger partial charge < -0.3 is 4.90 Å². The van der Waals surface area contributed by atoms with E-state index in [0.717, 1.165) is 35.7 Å². The van der Waals surface area contributed by atoms with Gasteiger partial charge in [-0.3, -0.25) is 9.78 Å². The average molecular weight is 302 g/mol. The maximum atomic E-state index is 13.0. The number of likely N-dealkylation sites (tertiary alicyclic amines) is 1. The molecule has 0 N–H and O–H groups in total. The van der Waals surface area contributed by atoms with E-state index < -0.39 is 0 Å². The molecule has 1 saturated heterocycles. The van der Waals surface area contributed by atoms with Crippen LogP contribution in [0.25, 0.3) is 10.8 Å². The molecule has 1 aromatic heterocycles. The summed E-state index contributed by atoms with van der Waals surface area (Å²) < 4.78 is 0. The Labute approximate surface area is 135 Å². The van der Waals surface area contributed by atoms with Gasteiger partial charge >= 0.3 is 0 Å². The number of hydrogen-bond donors (Lipinski definition) is 0. The van der Waals surface area contributed by atoms with Crippen molar-refractivity contribution in [2.45, 2.75) is 18.9 Å². The second-order valence-corrected chi connectivity index (χ2v) is 6.00. The number of amides is 1. The van der Waals surface area contributed by atoms with E-state index in [9.17, 15) is 4.79 Å². The van der Waals surface area contributed by atoms with Gasteiger partial charge in [-0.1, -0.05) is 36.4 Å². The summed E-state index contributed by atoms with van der Waals surface area (Å²) in [7, 11) is 0. The zero-order chi connectivity index (χ0) is 15.6. The molecule has 0 saturated carbocycles. The number of carbonyl (C=O) groups excluding carboxylic acids is 1. The molecule has 1 amide bonds. The highest BCUT2D eigenvalue weighted by Crippen LogP contribution is 2.33. The Morgan fingerprint density at radius 3 is 2.78 bits per heavy atom. The number of aromatic nitrogens is 1. The summed E-state index contributed by atoms with van der Waals surface area (Å²) in [5, 5.41) is 2.12. The van der Waals surface area contributed by atoms with Crippen molar-refractivity contribution in [2.75, 3.05) is 6.54 Å². The lowest BCUT2D eigenvalue weighted by molar-refractivity contribution is 0.0736. The molecule has 1 fully saturated rings. The quantitative estimate of drug-likeness (QED) is 0.710. The molecule has 4 rings (SSSR count). The smallest absolute Gasteiger partial charge is 0.254 e. The third-order valence-corrected chi connectivity index (χ3v) is 4.59. The number of hydrogen-bond acceptors (Lipinski definition) is 2. The zero-order valence-corrected chi connectivity index (χ0v) is 12.9. The molecule has 114 valence electrons. The number of fused-ring (bicyclic) bond motifs is 1. The van der Waals surface area contributed by atoms with Gasteiger partial charge in [0.15, 0.2) is 0 Å². The van der Waals surface area contributed by atoms with Crippen molar-refractivity contribution in [3.05, 3.63) is 78.1 Å². The van der Waals surface area contributed by atoms with Crippen molar-refractivity contribution in [1.82, 2.24) is 9.88 Å². The summed E-state index contributed by atoms with van der Waals surface area (Å²) in [5.74, 6) is 0.120. The molecule has 2 aromatic carbocycles. The minimum Gasteiger partial charge on any atom is -0.332 e. The van der Waals surface area contributed by atoms with Gasteiger partial charge in [0.05, 0.1) is 6.04 Å². The average Bonchev–Trinajstić information content (AvgIpc) is 3.11. The molecule has 23 heavy (non-hydrogen) atoms. The highest BCUT2D eigenvalue weighted by atomic mass is 16.2. The van der Waals surface area contributed by atoms with E-state index in [2.05, 4.69) is 17.1 Å². The Bertz CT molecular complexity index is 844. The number of rotatable bonds is 2. The summed E-state index contributed by atoms with van der Waals surface area (Å²) >= 11 is 0. The van der Waals surface area contributed by atoms with Crippen molar-refractivity contribution in [3.8, 4) is 0 Å². The van der Waals surface area contributed by atoms with E-state index in [-0.39, 0.29) is 11.9 Å². The minimum absolute atomic E-state index is 0.120. The lowest BCUT2D eigenvalue weighted by Gasteiger charge is -2.25. The van der Waals surface area contributed by atoms with Crippen LogP contribution in [0.4, 0.5) is 0 Å². The largest absolute Gasteiger partial charge is 0.332 e. The minimum atomic E-state index is 0.120. The third kappa shape index (κ3) is 2.59. The van der Waals surface area contributed by atoms with E-state index in [1.807, 2.05) is 53.6 Å². The maximum Gasteiger partial charge on any atom is 0.254 e. The Morgan fingerprint density at radius 2 is 1.91 bits per heavy atom. The molecule has 3 nitrogen and oxygen atoms in total. The fraction of sp³-hybridized carbons (Fsp3) is 0.200. The summed E-state index contributed by atoms with van der Waals surface area (Å²) in [6.07, 6.45) is 5.68. The fourth-order valence-electron chi connectivity index (χ4n) is 3.41. The Balaban J connectivity index is 1.66. The van der Waals surface area contributed by atoms with E-state index in [4.69, 9.17) is 0 Å². The van der Waals surface area contributed by atoms with Crippen LogP contribution in [0.5, 0.6) is 0 Å². The van der Waals surface area contributed by atoms with Gasteiger partial charge in [0.25, 0.3) is 5.91 Å². The van der Waals surface area contributed by atoms with Gasteiger partial charge in [-0.2, -0.15) is 0 Å². The predicted molar refractivity (Wildman–Crippen MR) is 91.2 cm³/mol. The van der Waals surface area contributed by atoms with Gasteiger partial charge in [-0.15, -0.1) is 0 Å². The van der Waals surface area contributed by atoms with Crippen LogP contribution in [0.15, 0.2) is 67.0 Å². The first-order valence-corrected chi connectivity index (χ1v) is 8.02. The normalized spacial score (nSPS) is 17.6. The van der Waals surface area contributed by atoms with E-state index >= 15 is 0 Å². The van der Waals surface area contributed by atoms with Gasteiger partial charge in [0.2, 0.25) is 0 Å². The van der Waals surface area contributed by atoms with E-state index in [1.54, 1.807) is 6.20 Å². The molecule has 2 heterocycles. The Hall–Kier alpha value is -2.68. The Kier molecular flexibility index (Phi) is 3.54. The lowest BCUT2D eigenvalue weighted by Crippen LogP contribution is -2.30. The molecule has 3 heteroatoms. The van der Waals surface area contributed by atoms with Crippen LogP contribution in [0.1, 0.15) is 34.8 Å². The highest BCUT2D eigenvalue weighted by molar-refractivity contribution is 5.98. The molecule has 1 aliphatic heterocycles. The van der Waals surface area contributed by atoms with Crippen LogP contribution in [0, 0.1) is 0 Å². The van der Waals surface area contributed by atoms with Gasteiger partial charge in [0.1, 0.15) is 0 Å². The molecular weight excluding hydrogens is 284 g/mol. The highest BCUT2D eigenvalue weighted by Gasteiger charge is 2.30. The van der Waals surface area contributed by atoms with Gasteiger partial charge in [-0.25, -0.2) is 0 Å².